The second-order valence-electron chi connectivity index (χ2n) is 15.7. The van der Waals surface area contributed by atoms with Crippen LogP contribution in [-0.2, 0) is 9.53 Å². The number of aromatic amines is 1. The van der Waals surface area contributed by atoms with E-state index in [1.807, 2.05) is 30.0 Å². The fraction of sp³-hybridized carbons (Fsp3) is 0.512. The molecule has 3 saturated heterocycles. The normalized spacial score (nSPS) is 19.2. The Hall–Kier alpha value is -4.69. The third-order valence-corrected chi connectivity index (χ3v) is 11.7. The maximum Gasteiger partial charge on any atom is 0.422 e. The zero-order chi connectivity index (χ0) is 38.3. The largest absolute Gasteiger partial charge is 0.481 e. The zero-order valence-electron chi connectivity index (χ0n) is 31.3. The van der Waals surface area contributed by atoms with Crippen LogP contribution in [0, 0.1) is 18.3 Å². The highest BCUT2D eigenvalue weighted by molar-refractivity contribution is 6.07. The number of carbonyl (C=O) groups excluding carboxylic acids is 1. The quantitative estimate of drug-likeness (QED) is 0.115. The van der Waals surface area contributed by atoms with Crippen LogP contribution in [0.5, 0.6) is 11.8 Å². The Balaban J connectivity index is 1.17. The first kappa shape index (κ1) is 37.2. The SMILES string of the molecule is C=CC(=O)N1CC2(CCN(c3nc(OC4CCN(CCOCC5CC5)CC4)nc4c(OCC(F)(F)F)c(-c5c(C)ccc6[nH]ncc56)c(C=C)cc34)CC2)C1. The molecule has 1 aliphatic carbocycles. The highest BCUT2D eigenvalue weighted by Gasteiger charge is 2.46. The predicted molar refractivity (Wildman–Crippen MR) is 205 cm³/mol. The summed E-state index contributed by atoms with van der Waals surface area (Å²) < 4.78 is 60.3. The van der Waals surface area contributed by atoms with E-state index in [0.29, 0.717) is 60.7 Å². The summed E-state index contributed by atoms with van der Waals surface area (Å²) in [5, 5.41) is 8.50. The number of aryl methyl sites for hydroxylation is 1. The summed E-state index contributed by atoms with van der Waals surface area (Å²) in [4.78, 5) is 28.5. The monoisotopic (exact) mass is 759 g/mol. The fourth-order valence-corrected chi connectivity index (χ4v) is 8.37. The van der Waals surface area contributed by atoms with Gasteiger partial charge in [-0.2, -0.15) is 28.2 Å². The lowest BCUT2D eigenvalue weighted by Gasteiger charge is -2.54. The van der Waals surface area contributed by atoms with Gasteiger partial charge in [0, 0.05) is 74.2 Å². The van der Waals surface area contributed by atoms with Crippen molar-refractivity contribution in [3.05, 3.63) is 54.8 Å². The van der Waals surface area contributed by atoms with Crippen LogP contribution in [-0.4, -0.2) is 114 Å². The Morgan fingerprint density at radius 1 is 1.04 bits per heavy atom. The lowest BCUT2D eigenvalue weighted by Crippen LogP contribution is -2.61. The number of nitrogens with one attached hydrogen (secondary N) is 1. The number of rotatable bonds is 13. The van der Waals surface area contributed by atoms with E-state index in [-0.39, 0.29) is 34.7 Å². The molecule has 1 N–H and O–H groups in total. The molecule has 2 aromatic carbocycles. The van der Waals surface area contributed by atoms with Crippen molar-refractivity contribution in [3.63, 3.8) is 0 Å². The maximum absolute atomic E-state index is 14.0. The number of hydrogen-bond acceptors (Lipinski definition) is 9. The van der Waals surface area contributed by atoms with Crippen LogP contribution in [0.4, 0.5) is 19.0 Å². The molecule has 3 aliphatic heterocycles. The maximum atomic E-state index is 14.0. The Labute approximate surface area is 318 Å². The van der Waals surface area contributed by atoms with E-state index in [1.54, 1.807) is 12.3 Å². The van der Waals surface area contributed by atoms with Crippen molar-refractivity contribution in [1.29, 1.82) is 0 Å². The van der Waals surface area contributed by atoms with Crippen molar-refractivity contribution in [2.75, 3.05) is 70.5 Å². The summed E-state index contributed by atoms with van der Waals surface area (Å²) in [5.41, 5.74) is 3.52. The van der Waals surface area contributed by atoms with Crippen LogP contribution >= 0.6 is 0 Å². The summed E-state index contributed by atoms with van der Waals surface area (Å²) >= 11 is 0. The van der Waals surface area contributed by atoms with Gasteiger partial charge in [-0.3, -0.25) is 9.89 Å². The Morgan fingerprint density at radius 3 is 2.49 bits per heavy atom. The smallest absolute Gasteiger partial charge is 0.422 e. The van der Waals surface area contributed by atoms with Gasteiger partial charge in [-0.1, -0.05) is 25.3 Å². The van der Waals surface area contributed by atoms with E-state index in [4.69, 9.17) is 24.2 Å². The molecule has 0 bridgehead atoms. The predicted octanol–water partition coefficient (Wildman–Crippen LogP) is 6.95. The highest BCUT2D eigenvalue weighted by Crippen LogP contribution is 2.48. The molecule has 14 heteroatoms. The van der Waals surface area contributed by atoms with Gasteiger partial charge in [0.2, 0.25) is 5.91 Å². The molecule has 1 saturated carbocycles. The number of ether oxygens (including phenoxy) is 3. The van der Waals surface area contributed by atoms with Gasteiger partial charge < -0.3 is 28.9 Å². The number of amides is 1. The number of likely N-dealkylation sites (tertiary alicyclic amines) is 2. The van der Waals surface area contributed by atoms with Crippen LogP contribution in [0.2, 0.25) is 0 Å². The highest BCUT2D eigenvalue weighted by atomic mass is 19.4. The molecule has 0 unspecified atom stereocenters. The Kier molecular flexibility index (Phi) is 10.2. The Bertz CT molecular complexity index is 2070. The molecule has 0 atom stereocenters. The minimum absolute atomic E-state index is 0.00940. The van der Waals surface area contributed by atoms with Crippen molar-refractivity contribution in [2.24, 2.45) is 11.3 Å². The zero-order valence-corrected chi connectivity index (χ0v) is 31.3. The minimum Gasteiger partial charge on any atom is -0.481 e. The third-order valence-electron chi connectivity index (χ3n) is 11.7. The van der Waals surface area contributed by atoms with Gasteiger partial charge in [0.1, 0.15) is 17.4 Å². The van der Waals surface area contributed by atoms with E-state index in [2.05, 4.69) is 33.2 Å². The first-order chi connectivity index (χ1) is 26.5. The first-order valence-corrected chi connectivity index (χ1v) is 19.3. The van der Waals surface area contributed by atoms with Crippen LogP contribution in [0.3, 0.4) is 0 Å². The number of hydrogen-bond donors (Lipinski definition) is 1. The van der Waals surface area contributed by atoms with Gasteiger partial charge in [0.25, 0.3) is 0 Å². The lowest BCUT2D eigenvalue weighted by atomic mass is 9.72. The molecule has 1 amide bonds. The lowest BCUT2D eigenvalue weighted by molar-refractivity contribution is -0.153. The summed E-state index contributed by atoms with van der Waals surface area (Å²) in [7, 11) is 0. The number of piperidine rings is 2. The van der Waals surface area contributed by atoms with Gasteiger partial charge in [-0.05, 0) is 86.3 Å². The minimum atomic E-state index is -4.61. The average molecular weight is 760 g/mol. The van der Waals surface area contributed by atoms with E-state index in [9.17, 15) is 18.0 Å². The molecular weight excluding hydrogens is 711 g/mol. The third kappa shape index (κ3) is 7.88. The van der Waals surface area contributed by atoms with Crippen molar-refractivity contribution in [3.8, 4) is 22.9 Å². The van der Waals surface area contributed by atoms with Gasteiger partial charge in [-0.15, -0.1) is 0 Å². The molecular formula is C41H48F3N7O4. The van der Waals surface area contributed by atoms with Crippen molar-refractivity contribution < 1.29 is 32.2 Å². The van der Waals surface area contributed by atoms with Gasteiger partial charge >= 0.3 is 12.2 Å². The van der Waals surface area contributed by atoms with E-state index >= 15 is 0 Å². The molecule has 0 radical (unpaired) electrons. The van der Waals surface area contributed by atoms with E-state index in [1.165, 1.54) is 18.9 Å². The number of fused-ring (bicyclic) bond motifs is 2. The standard InChI is InChI=1S/C41H48F3N7O4/c1-4-28-20-30-36(37(54-25-41(42,43)44)35(28)34-26(3)6-9-32-31(34)21-45-48-32)46-39(55-29-10-14-49(15-11-29)18-19-53-22-27-7-8-27)47-38(30)50-16-12-40(13-17-50)23-51(24-40)33(52)5-2/h4-6,9,20-21,27,29H,1-2,7-8,10-19,22-25H2,3H3,(H,45,48). The summed E-state index contributed by atoms with van der Waals surface area (Å²) in [6.07, 6.45) is 5.57. The number of carbonyl (C=O) groups is 1. The molecule has 2 aromatic heterocycles. The van der Waals surface area contributed by atoms with E-state index < -0.39 is 12.8 Å². The number of anilines is 1. The molecule has 4 aliphatic rings. The topological polar surface area (TPSA) is 109 Å². The van der Waals surface area contributed by atoms with Gasteiger partial charge in [0.05, 0.1) is 18.3 Å². The van der Waals surface area contributed by atoms with Crippen LogP contribution < -0.4 is 14.4 Å². The molecule has 55 heavy (non-hydrogen) atoms. The van der Waals surface area contributed by atoms with Crippen molar-refractivity contribution in [1.82, 2.24) is 30.0 Å². The van der Waals surface area contributed by atoms with Crippen molar-refractivity contribution in [2.45, 2.75) is 57.7 Å². The van der Waals surface area contributed by atoms with Crippen molar-refractivity contribution >= 4 is 39.6 Å². The number of H-pyrrole nitrogens is 1. The first-order valence-electron chi connectivity index (χ1n) is 19.3. The Morgan fingerprint density at radius 2 is 1.80 bits per heavy atom. The summed E-state index contributed by atoms with van der Waals surface area (Å²) in [6, 6.07) is 5.80. The van der Waals surface area contributed by atoms with Crippen LogP contribution in [0.1, 0.15) is 49.7 Å². The molecule has 11 nitrogen and oxygen atoms in total. The molecule has 4 aromatic rings. The molecule has 4 fully saturated rings. The average Bonchev–Trinajstić information content (AvgIpc) is 3.87. The molecule has 8 rings (SSSR count). The number of halogens is 3. The summed E-state index contributed by atoms with van der Waals surface area (Å²) in [6.45, 7) is 14.8. The number of aromatic nitrogens is 4. The summed E-state index contributed by atoms with van der Waals surface area (Å²) in [5.74, 6) is 1.23. The molecule has 1 spiro atoms. The van der Waals surface area contributed by atoms with Crippen LogP contribution in [0.25, 0.3) is 39.0 Å². The fourth-order valence-electron chi connectivity index (χ4n) is 8.37. The van der Waals surface area contributed by atoms with E-state index in [0.717, 1.165) is 74.3 Å². The number of nitrogens with zero attached hydrogens (tertiary/aromatic N) is 6. The molecule has 5 heterocycles. The van der Waals surface area contributed by atoms with Gasteiger partial charge in [-0.25, -0.2) is 0 Å². The molecule has 292 valence electrons. The number of alkyl halides is 3. The second kappa shape index (κ2) is 15.1. The van der Waals surface area contributed by atoms with Gasteiger partial charge in [0.15, 0.2) is 12.4 Å². The second-order valence-corrected chi connectivity index (χ2v) is 15.7. The number of benzene rings is 2. The van der Waals surface area contributed by atoms with Crippen LogP contribution in [0.15, 0.2) is 43.6 Å².